The van der Waals surface area contributed by atoms with Crippen molar-refractivity contribution in [3.8, 4) is 0 Å². The molecule has 2 atom stereocenters. The molecule has 1 aromatic heterocycles. The molecule has 184 valence electrons. The molecular formula is C25H24ClF2N3O4. The van der Waals surface area contributed by atoms with E-state index in [1.165, 1.54) is 22.9 Å². The van der Waals surface area contributed by atoms with Gasteiger partial charge in [-0.15, -0.1) is 0 Å². The number of benzene rings is 2. The van der Waals surface area contributed by atoms with Crippen LogP contribution in [0.5, 0.6) is 0 Å². The molecule has 0 spiro atoms. The number of fused-ring (bicyclic) bond motifs is 1. The van der Waals surface area contributed by atoms with Crippen LogP contribution in [0.4, 0.5) is 13.6 Å². The molecule has 1 fully saturated rings. The molecule has 1 saturated heterocycles. The van der Waals surface area contributed by atoms with Gasteiger partial charge in [-0.2, -0.15) is 0 Å². The molecule has 0 bridgehead atoms. The molecule has 0 aliphatic carbocycles. The summed E-state index contributed by atoms with van der Waals surface area (Å²) in [5.41, 5.74) is 4.57. The Morgan fingerprint density at radius 2 is 1.89 bits per heavy atom. The molecule has 2 amide bonds. The lowest BCUT2D eigenvalue weighted by atomic mass is 9.97. The minimum Gasteiger partial charge on any atom is -0.393 e. The molecule has 0 saturated carbocycles. The summed E-state index contributed by atoms with van der Waals surface area (Å²) in [5.74, 6) is -1.59. The minimum absolute atomic E-state index is 0.0360. The van der Waals surface area contributed by atoms with Gasteiger partial charge in [0.25, 0.3) is 0 Å². The van der Waals surface area contributed by atoms with Crippen LogP contribution in [-0.2, 0) is 22.4 Å². The molecule has 3 N–H and O–H groups in total. The average Bonchev–Trinajstić information content (AvgIpc) is 3.39. The van der Waals surface area contributed by atoms with Gasteiger partial charge in [-0.05, 0) is 29.7 Å². The van der Waals surface area contributed by atoms with Crippen molar-refractivity contribution in [2.24, 2.45) is 5.73 Å². The molecule has 2 heterocycles. The standard InChI is InChI=1S/C25H24ClF2N3O4/c26-18-6-3-4-15(23(18)27)8-9-21(33)20-11-25(28,14-32)13-31(20)22(34)10-16-12-30(24(29)35)19-7-2-1-5-17(16)19/h1-7,12,20,32H,8-11,13-14H2,(H2,29,35)/t20-,25+/m0/s1. The first kappa shape index (κ1) is 24.8. The number of ketones is 1. The number of carbonyl (C=O) groups excluding carboxylic acids is 3. The van der Waals surface area contributed by atoms with Crippen LogP contribution in [0, 0.1) is 5.82 Å². The van der Waals surface area contributed by atoms with E-state index >= 15 is 4.39 Å². The number of Topliss-reactive ketones (excluding diaryl/α,β-unsaturated/α-hetero) is 1. The number of alkyl halides is 1. The molecule has 7 nitrogen and oxygen atoms in total. The van der Waals surface area contributed by atoms with E-state index in [4.69, 9.17) is 17.3 Å². The highest BCUT2D eigenvalue weighted by Crippen LogP contribution is 2.33. The number of hydrogen-bond acceptors (Lipinski definition) is 4. The fourth-order valence-corrected chi connectivity index (χ4v) is 4.80. The van der Waals surface area contributed by atoms with E-state index in [2.05, 4.69) is 0 Å². The Labute approximate surface area is 205 Å². The number of aliphatic hydroxyl groups excluding tert-OH is 1. The Morgan fingerprint density at radius 3 is 2.60 bits per heavy atom. The normalized spacial score (nSPS) is 19.9. The van der Waals surface area contributed by atoms with Crippen molar-refractivity contribution in [1.29, 1.82) is 0 Å². The quantitative estimate of drug-likeness (QED) is 0.515. The van der Waals surface area contributed by atoms with Crippen molar-refractivity contribution in [2.75, 3.05) is 13.2 Å². The molecule has 0 radical (unpaired) electrons. The summed E-state index contributed by atoms with van der Waals surface area (Å²) in [6.07, 6.45) is 0.807. The lowest BCUT2D eigenvalue weighted by Crippen LogP contribution is -2.42. The topological polar surface area (TPSA) is 106 Å². The van der Waals surface area contributed by atoms with Crippen LogP contribution >= 0.6 is 11.6 Å². The monoisotopic (exact) mass is 503 g/mol. The van der Waals surface area contributed by atoms with Crippen LogP contribution in [0.2, 0.25) is 5.02 Å². The zero-order valence-corrected chi connectivity index (χ0v) is 19.5. The summed E-state index contributed by atoms with van der Waals surface area (Å²) in [5, 5.41) is 10.1. The lowest BCUT2D eigenvalue weighted by molar-refractivity contribution is -0.137. The first-order chi connectivity index (χ1) is 16.6. The average molecular weight is 504 g/mol. The van der Waals surface area contributed by atoms with Gasteiger partial charge in [0.15, 0.2) is 11.5 Å². The molecule has 1 aliphatic heterocycles. The highest BCUT2D eigenvalue weighted by Gasteiger charge is 2.48. The fraction of sp³-hybridized carbons (Fsp3) is 0.320. The number of nitrogens with two attached hydrogens (primary N) is 1. The van der Waals surface area contributed by atoms with Gasteiger partial charge in [-0.1, -0.05) is 41.9 Å². The Hall–Kier alpha value is -3.30. The number of aromatic nitrogens is 1. The number of hydrogen-bond donors (Lipinski definition) is 2. The number of primary amides is 1. The van der Waals surface area contributed by atoms with Crippen LogP contribution in [0.3, 0.4) is 0 Å². The molecule has 10 heteroatoms. The van der Waals surface area contributed by atoms with Gasteiger partial charge in [0, 0.05) is 24.4 Å². The van der Waals surface area contributed by atoms with Crippen molar-refractivity contribution in [1.82, 2.24) is 9.47 Å². The summed E-state index contributed by atoms with van der Waals surface area (Å²) in [7, 11) is 0. The predicted octanol–water partition coefficient (Wildman–Crippen LogP) is 3.41. The summed E-state index contributed by atoms with van der Waals surface area (Å²) in [6.45, 7) is -1.29. The number of halogens is 3. The third kappa shape index (κ3) is 4.92. The van der Waals surface area contributed by atoms with Gasteiger partial charge in [-0.25, -0.2) is 13.6 Å². The number of aliphatic hydroxyl groups is 1. The van der Waals surface area contributed by atoms with Crippen LogP contribution in [0.25, 0.3) is 10.9 Å². The van der Waals surface area contributed by atoms with Gasteiger partial charge < -0.3 is 15.7 Å². The van der Waals surface area contributed by atoms with E-state index in [0.29, 0.717) is 16.5 Å². The van der Waals surface area contributed by atoms with E-state index in [1.54, 1.807) is 30.3 Å². The smallest absolute Gasteiger partial charge is 0.323 e. The molecule has 4 rings (SSSR count). The Morgan fingerprint density at radius 1 is 1.14 bits per heavy atom. The summed E-state index contributed by atoms with van der Waals surface area (Å²) >= 11 is 5.80. The molecule has 2 aromatic carbocycles. The molecule has 0 unspecified atom stereocenters. The fourth-order valence-electron chi connectivity index (χ4n) is 4.60. The zero-order chi connectivity index (χ0) is 25.3. The van der Waals surface area contributed by atoms with Crippen molar-refractivity contribution >= 4 is 40.2 Å². The first-order valence-electron chi connectivity index (χ1n) is 11.1. The molecule has 1 aliphatic rings. The van der Waals surface area contributed by atoms with E-state index in [0.717, 1.165) is 4.90 Å². The number of amides is 2. The number of carbonyl (C=O) groups is 3. The Bertz CT molecular complexity index is 1310. The Kier molecular flexibility index (Phi) is 6.91. The van der Waals surface area contributed by atoms with Gasteiger partial charge in [0.2, 0.25) is 5.91 Å². The van der Waals surface area contributed by atoms with Crippen LogP contribution in [0.15, 0.2) is 48.7 Å². The van der Waals surface area contributed by atoms with E-state index in [9.17, 15) is 23.9 Å². The maximum atomic E-state index is 15.1. The lowest BCUT2D eigenvalue weighted by Gasteiger charge is -2.23. The molecule has 35 heavy (non-hydrogen) atoms. The third-order valence-electron chi connectivity index (χ3n) is 6.41. The van der Waals surface area contributed by atoms with E-state index in [1.807, 2.05) is 0 Å². The van der Waals surface area contributed by atoms with E-state index < -0.39 is 48.4 Å². The first-order valence-corrected chi connectivity index (χ1v) is 11.4. The third-order valence-corrected chi connectivity index (χ3v) is 6.70. The number of rotatable bonds is 7. The van der Waals surface area contributed by atoms with Gasteiger partial charge in [-0.3, -0.25) is 14.2 Å². The number of para-hydroxylation sites is 1. The second-order valence-corrected chi connectivity index (χ2v) is 9.19. The second kappa shape index (κ2) is 9.75. The molecule has 3 aromatic rings. The van der Waals surface area contributed by atoms with Gasteiger partial charge in [0.1, 0.15) is 5.82 Å². The van der Waals surface area contributed by atoms with Crippen LogP contribution in [0.1, 0.15) is 24.0 Å². The highest BCUT2D eigenvalue weighted by molar-refractivity contribution is 6.30. The molecular weight excluding hydrogens is 480 g/mol. The SMILES string of the molecule is NC(=O)n1cc(CC(=O)N2C[C@@](F)(CO)C[C@H]2C(=O)CCc2cccc(Cl)c2F)c2ccccc21. The highest BCUT2D eigenvalue weighted by atomic mass is 35.5. The van der Waals surface area contributed by atoms with Crippen LogP contribution in [-0.4, -0.2) is 57.2 Å². The van der Waals surface area contributed by atoms with E-state index in [-0.39, 0.29) is 36.3 Å². The zero-order valence-electron chi connectivity index (χ0n) is 18.7. The summed E-state index contributed by atoms with van der Waals surface area (Å²) in [4.78, 5) is 39.2. The van der Waals surface area contributed by atoms with Crippen LogP contribution < -0.4 is 5.73 Å². The maximum Gasteiger partial charge on any atom is 0.323 e. The number of likely N-dealkylation sites (tertiary alicyclic amines) is 1. The van der Waals surface area contributed by atoms with Gasteiger partial charge >= 0.3 is 6.03 Å². The summed E-state index contributed by atoms with van der Waals surface area (Å²) < 4.78 is 30.5. The van der Waals surface area contributed by atoms with Crippen molar-refractivity contribution < 1.29 is 28.3 Å². The van der Waals surface area contributed by atoms with Gasteiger partial charge in [0.05, 0.1) is 36.2 Å². The number of aryl methyl sites for hydroxylation is 1. The van der Waals surface area contributed by atoms with Crippen molar-refractivity contribution in [3.63, 3.8) is 0 Å². The Balaban J connectivity index is 1.55. The van der Waals surface area contributed by atoms with Crippen molar-refractivity contribution in [2.45, 2.75) is 37.4 Å². The maximum absolute atomic E-state index is 15.1. The predicted molar refractivity (Wildman–Crippen MR) is 126 cm³/mol. The largest absolute Gasteiger partial charge is 0.393 e. The number of nitrogens with zero attached hydrogens (tertiary/aromatic N) is 2. The second-order valence-electron chi connectivity index (χ2n) is 8.79. The summed E-state index contributed by atoms with van der Waals surface area (Å²) in [6, 6.07) is 9.54. The van der Waals surface area contributed by atoms with Crippen molar-refractivity contribution in [3.05, 3.63) is 70.6 Å². The minimum atomic E-state index is -2.13.